The molecule has 0 fully saturated rings. The van der Waals surface area contributed by atoms with E-state index in [1.54, 1.807) is 11.3 Å². The van der Waals surface area contributed by atoms with Crippen LogP contribution in [0.4, 0.5) is 5.69 Å². The largest absolute Gasteiger partial charge is 0.398 e. The average Bonchev–Trinajstić information content (AvgIpc) is 2.57. The summed E-state index contributed by atoms with van der Waals surface area (Å²) in [6.07, 6.45) is 0. The molecule has 0 saturated heterocycles. The maximum Gasteiger partial charge on any atom is 0.0502 e. The molecule has 0 saturated carbocycles. The Bertz CT molecular complexity index is 457. The second kappa shape index (κ2) is 3.46. The molecule has 1 aromatic heterocycles. The van der Waals surface area contributed by atoms with Crippen molar-refractivity contribution in [2.45, 2.75) is 13.8 Å². The van der Waals surface area contributed by atoms with Gasteiger partial charge in [0.2, 0.25) is 0 Å². The Morgan fingerprint density at radius 3 is 2.43 bits per heavy atom. The van der Waals surface area contributed by atoms with Gasteiger partial charge >= 0.3 is 0 Å². The smallest absolute Gasteiger partial charge is 0.0502 e. The molecule has 72 valence electrons. The van der Waals surface area contributed by atoms with Crippen LogP contribution >= 0.6 is 11.3 Å². The fourth-order valence-corrected chi connectivity index (χ4v) is 2.20. The first-order chi connectivity index (χ1) is 6.68. The van der Waals surface area contributed by atoms with Crippen LogP contribution in [0, 0.1) is 13.8 Å². The molecule has 1 nitrogen and oxygen atoms in total. The van der Waals surface area contributed by atoms with Crippen LogP contribution < -0.4 is 5.73 Å². The fourth-order valence-electron chi connectivity index (χ4n) is 1.45. The summed E-state index contributed by atoms with van der Waals surface area (Å²) in [6.45, 7) is 4.25. The van der Waals surface area contributed by atoms with Crippen molar-refractivity contribution >= 4 is 17.0 Å². The van der Waals surface area contributed by atoms with Crippen molar-refractivity contribution < 1.29 is 0 Å². The molecule has 0 atom stereocenters. The molecule has 0 bridgehead atoms. The van der Waals surface area contributed by atoms with Crippen molar-refractivity contribution in [3.63, 3.8) is 0 Å². The topological polar surface area (TPSA) is 26.0 Å². The minimum absolute atomic E-state index is 0.873. The number of hydrogen-bond donors (Lipinski definition) is 1. The minimum Gasteiger partial charge on any atom is -0.398 e. The van der Waals surface area contributed by atoms with Gasteiger partial charge in [0.05, 0.1) is 5.69 Å². The van der Waals surface area contributed by atoms with E-state index in [1.807, 2.05) is 5.38 Å². The standard InChI is InChI=1S/C12H13NS/c1-8-3-4-10(5-9(8)2)11-6-14-7-12(11)13/h3-7H,13H2,1-2H3. The molecular formula is C12H13NS. The van der Waals surface area contributed by atoms with E-state index in [4.69, 9.17) is 5.73 Å². The molecule has 0 aliphatic heterocycles. The number of benzene rings is 1. The molecular weight excluding hydrogens is 190 g/mol. The summed E-state index contributed by atoms with van der Waals surface area (Å²) in [7, 11) is 0. The third-order valence-electron chi connectivity index (χ3n) is 2.51. The van der Waals surface area contributed by atoms with Gasteiger partial charge in [0.1, 0.15) is 0 Å². The molecule has 1 aromatic carbocycles. The van der Waals surface area contributed by atoms with E-state index >= 15 is 0 Å². The molecule has 0 amide bonds. The molecule has 14 heavy (non-hydrogen) atoms. The summed E-state index contributed by atoms with van der Waals surface area (Å²) in [5.74, 6) is 0. The molecule has 0 aliphatic rings. The van der Waals surface area contributed by atoms with E-state index in [-0.39, 0.29) is 0 Å². The fraction of sp³-hybridized carbons (Fsp3) is 0.167. The maximum atomic E-state index is 5.87. The number of aryl methyl sites for hydroxylation is 2. The zero-order chi connectivity index (χ0) is 10.1. The van der Waals surface area contributed by atoms with Crippen molar-refractivity contribution in [1.29, 1.82) is 0 Å². The summed E-state index contributed by atoms with van der Waals surface area (Å²) >= 11 is 1.65. The predicted molar refractivity (Wildman–Crippen MR) is 63.6 cm³/mol. The highest BCUT2D eigenvalue weighted by Crippen LogP contribution is 2.30. The highest BCUT2D eigenvalue weighted by atomic mass is 32.1. The Balaban J connectivity index is 2.53. The van der Waals surface area contributed by atoms with Crippen LogP contribution in [-0.4, -0.2) is 0 Å². The van der Waals surface area contributed by atoms with Gasteiger partial charge in [-0.2, -0.15) is 0 Å². The quantitative estimate of drug-likeness (QED) is 0.752. The summed E-state index contributed by atoms with van der Waals surface area (Å²) in [6, 6.07) is 6.45. The highest BCUT2D eigenvalue weighted by molar-refractivity contribution is 7.08. The third kappa shape index (κ3) is 1.53. The molecule has 2 aromatic rings. The zero-order valence-electron chi connectivity index (χ0n) is 8.37. The van der Waals surface area contributed by atoms with Gasteiger partial charge in [-0.25, -0.2) is 0 Å². The van der Waals surface area contributed by atoms with Crippen molar-refractivity contribution in [2.75, 3.05) is 5.73 Å². The molecule has 0 spiro atoms. The normalized spacial score (nSPS) is 10.4. The molecule has 1 heterocycles. The van der Waals surface area contributed by atoms with E-state index in [9.17, 15) is 0 Å². The van der Waals surface area contributed by atoms with E-state index in [0.29, 0.717) is 0 Å². The van der Waals surface area contributed by atoms with Crippen LogP contribution in [0.2, 0.25) is 0 Å². The van der Waals surface area contributed by atoms with Gasteiger partial charge in [0.15, 0.2) is 0 Å². The monoisotopic (exact) mass is 203 g/mol. The van der Waals surface area contributed by atoms with Crippen molar-refractivity contribution in [3.05, 3.63) is 40.1 Å². The lowest BCUT2D eigenvalue weighted by atomic mass is 10.0. The first kappa shape index (κ1) is 9.28. The lowest BCUT2D eigenvalue weighted by Gasteiger charge is -2.04. The molecule has 0 unspecified atom stereocenters. The van der Waals surface area contributed by atoms with E-state index in [2.05, 4.69) is 37.4 Å². The van der Waals surface area contributed by atoms with Crippen LogP contribution in [0.25, 0.3) is 11.1 Å². The second-order valence-electron chi connectivity index (χ2n) is 3.54. The first-order valence-electron chi connectivity index (χ1n) is 4.58. The SMILES string of the molecule is Cc1ccc(-c2cscc2N)cc1C. The van der Waals surface area contributed by atoms with Crippen LogP contribution in [-0.2, 0) is 0 Å². The van der Waals surface area contributed by atoms with Crippen LogP contribution in [0.3, 0.4) is 0 Å². The molecule has 2 N–H and O–H groups in total. The van der Waals surface area contributed by atoms with Gasteiger partial charge in [-0.3, -0.25) is 0 Å². The number of nitrogen functional groups attached to an aromatic ring is 1. The lowest BCUT2D eigenvalue weighted by Crippen LogP contribution is -1.86. The summed E-state index contributed by atoms with van der Waals surface area (Å²) < 4.78 is 0. The summed E-state index contributed by atoms with van der Waals surface area (Å²) in [5.41, 5.74) is 11.7. The van der Waals surface area contributed by atoms with Crippen molar-refractivity contribution in [3.8, 4) is 11.1 Å². The maximum absolute atomic E-state index is 5.87. The molecule has 0 aliphatic carbocycles. The highest BCUT2D eigenvalue weighted by Gasteiger charge is 2.03. The van der Waals surface area contributed by atoms with Crippen LogP contribution in [0.5, 0.6) is 0 Å². The van der Waals surface area contributed by atoms with E-state index in [0.717, 1.165) is 11.3 Å². The Labute approximate surface area is 88.2 Å². The number of nitrogens with two attached hydrogens (primary N) is 1. The van der Waals surface area contributed by atoms with Gasteiger partial charge < -0.3 is 5.73 Å². The Morgan fingerprint density at radius 1 is 1.07 bits per heavy atom. The van der Waals surface area contributed by atoms with Gasteiger partial charge in [-0.1, -0.05) is 18.2 Å². The lowest BCUT2D eigenvalue weighted by molar-refractivity contribution is 1.34. The number of anilines is 1. The van der Waals surface area contributed by atoms with Crippen LogP contribution in [0.15, 0.2) is 29.0 Å². The summed E-state index contributed by atoms with van der Waals surface area (Å²) in [4.78, 5) is 0. The van der Waals surface area contributed by atoms with Crippen molar-refractivity contribution in [2.24, 2.45) is 0 Å². The third-order valence-corrected chi connectivity index (χ3v) is 3.27. The Morgan fingerprint density at radius 2 is 1.86 bits per heavy atom. The van der Waals surface area contributed by atoms with E-state index in [1.165, 1.54) is 16.7 Å². The first-order valence-corrected chi connectivity index (χ1v) is 5.52. The second-order valence-corrected chi connectivity index (χ2v) is 4.28. The van der Waals surface area contributed by atoms with Crippen molar-refractivity contribution in [1.82, 2.24) is 0 Å². The molecule has 2 rings (SSSR count). The number of thiophene rings is 1. The minimum atomic E-state index is 0.873. The average molecular weight is 203 g/mol. The Kier molecular flexibility index (Phi) is 2.30. The van der Waals surface area contributed by atoms with Crippen LogP contribution in [0.1, 0.15) is 11.1 Å². The predicted octanol–water partition coefficient (Wildman–Crippen LogP) is 3.61. The number of rotatable bonds is 1. The Hall–Kier alpha value is -1.28. The molecule has 0 radical (unpaired) electrons. The zero-order valence-corrected chi connectivity index (χ0v) is 9.19. The number of hydrogen-bond acceptors (Lipinski definition) is 2. The van der Waals surface area contributed by atoms with Gasteiger partial charge in [-0.05, 0) is 30.5 Å². The summed E-state index contributed by atoms with van der Waals surface area (Å²) in [5, 5.41) is 4.07. The molecule has 2 heteroatoms. The van der Waals surface area contributed by atoms with Gasteiger partial charge in [-0.15, -0.1) is 11.3 Å². The van der Waals surface area contributed by atoms with E-state index < -0.39 is 0 Å². The van der Waals surface area contributed by atoms with Gasteiger partial charge in [0.25, 0.3) is 0 Å². The van der Waals surface area contributed by atoms with Gasteiger partial charge in [0, 0.05) is 16.3 Å².